The summed E-state index contributed by atoms with van der Waals surface area (Å²) in [4.78, 5) is 11.2. The van der Waals surface area contributed by atoms with Crippen LogP contribution < -0.4 is 0 Å². The lowest BCUT2D eigenvalue weighted by atomic mass is 10.1. The monoisotopic (exact) mass is 332 g/mol. The van der Waals surface area contributed by atoms with Gasteiger partial charge in [-0.2, -0.15) is 11.1 Å². The lowest BCUT2D eigenvalue weighted by molar-refractivity contribution is -0.139. The molecule has 0 rings (SSSR count). The Kier molecular flexibility index (Phi) is 12.1. The average Bonchev–Trinajstić information content (AvgIpc) is 2.48. The summed E-state index contributed by atoms with van der Waals surface area (Å²) in [6.07, 6.45) is 8.53. The zero-order chi connectivity index (χ0) is 16.1. The number of ether oxygens (including phenoxy) is 1. The Morgan fingerprint density at radius 3 is 1.95 bits per heavy atom. The zero-order valence-corrected chi connectivity index (χ0v) is 15.9. The molecule has 0 bridgehead atoms. The molecule has 0 atom stereocenters. The normalized spacial score (nSPS) is 11.4. The predicted octanol–water partition coefficient (Wildman–Crippen LogP) is 6.06. The molecule has 0 N–H and O–H groups in total. The number of esters is 1. The highest BCUT2D eigenvalue weighted by atomic mass is 35.6. The number of unbranched alkanes of at least 4 members (excludes halogenated alkanes) is 6. The van der Waals surface area contributed by atoms with Crippen LogP contribution in [0.5, 0.6) is 0 Å². The molecular formula is C17H33ClO2Si. The predicted molar refractivity (Wildman–Crippen MR) is 95.5 cm³/mol. The third-order valence-corrected chi connectivity index (χ3v) is 10.1. The molecule has 2 nitrogen and oxygen atoms in total. The van der Waals surface area contributed by atoms with Crippen molar-refractivity contribution < 1.29 is 9.53 Å². The number of hydrogen-bond donors (Lipinski definition) is 0. The summed E-state index contributed by atoms with van der Waals surface area (Å²) in [7, 11) is -1.39. The highest BCUT2D eigenvalue weighted by molar-refractivity contribution is 7.20. The van der Waals surface area contributed by atoms with Crippen LogP contribution in [-0.4, -0.2) is 20.0 Å². The summed E-state index contributed by atoms with van der Waals surface area (Å²) < 4.78 is 5.06. The highest BCUT2D eigenvalue weighted by Crippen LogP contribution is 2.27. The smallest absolute Gasteiger partial charge is 0.333 e. The number of carbonyl (C=O) groups excluding carboxylic acids is 1. The van der Waals surface area contributed by atoms with Crippen LogP contribution in [0.4, 0.5) is 0 Å². The van der Waals surface area contributed by atoms with Crippen LogP contribution in [0.1, 0.15) is 65.7 Å². The van der Waals surface area contributed by atoms with E-state index in [1.54, 1.807) is 6.92 Å². The molecule has 0 saturated carbocycles. The second-order valence-electron chi connectivity index (χ2n) is 6.00. The first-order valence-electron chi connectivity index (χ1n) is 8.46. The second-order valence-corrected chi connectivity index (χ2v) is 12.6. The minimum absolute atomic E-state index is 0.268. The van der Waals surface area contributed by atoms with Crippen LogP contribution in [0.2, 0.25) is 18.1 Å². The Morgan fingerprint density at radius 1 is 1.00 bits per heavy atom. The third kappa shape index (κ3) is 11.0. The molecule has 0 saturated heterocycles. The third-order valence-electron chi connectivity index (χ3n) is 4.12. The summed E-state index contributed by atoms with van der Waals surface area (Å²) in [6, 6.07) is 3.68. The Hall–Kier alpha value is -0.283. The van der Waals surface area contributed by atoms with Crippen molar-refractivity contribution in [2.24, 2.45) is 0 Å². The second kappa shape index (κ2) is 12.3. The quantitative estimate of drug-likeness (QED) is 0.135. The van der Waals surface area contributed by atoms with Crippen LogP contribution in [0.25, 0.3) is 0 Å². The van der Waals surface area contributed by atoms with Gasteiger partial charge in [-0.15, -0.1) is 0 Å². The molecule has 0 spiro atoms. The Labute approximate surface area is 137 Å². The molecule has 21 heavy (non-hydrogen) atoms. The van der Waals surface area contributed by atoms with Crippen molar-refractivity contribution >= 4 is 24.4 Å². The molecule has 0 unspecified atom stereocenters. The number of carbonyl (C=O) groups is 1. The molecule has 124 valence electrons. The van der Waals surface area contributed by atoms with Crippen molar-refractivity contribution in [2.75, 3.05) is 6.61 Å². The molecule has 4 heteroatoms. The van der Waals surface area contributed by atoms with E-state index < -0.39 is 7.38 Å². The molecule has 0 aromatic heterocycles. The summed E-state index contributed by atoms with van der Waals surface area (Å²) in [6.45, 7) is 10.2. The van der Waals surface area contributed by atoms with Gasteiger partial charge in [0.25, 0.3) is 0 Å². The molecule has 0 radical (unpaired) electrons. The fourth-order valence-electron chi connectivity index (χ4n) is 2.32. The molecule has 0 aliphatic heterocycles. The largest absolute Gasteiger partial charge is 0.462 e. The maximum Gasteiger partial charge on any atom is 0.333 e. The van der Waals surface area contributed by atoms with Crippen molar-refractivity contribution in [1.29, 1.82) is 0 Å². The summed E-state index contributed by atoms with van der Waals surface area (Å²) in [5, 5.41) is 0. The van der Waals surface area contributed by atoms with Gasteiger partial charge in [0.1, 0.15) is 0 Å². The molecule has 0 amide bonds. The van der Waals surface area contributed by atoms with Crippen molar-refractivity contribution in [3.05, 3.63) is 12.2 Å². The topological polar surface area (TPSA) is 26.3 Å². The van der Waals surface area contributed by atoms with Crippen LogP contribution in [-0.2, 0) is 9.53 Å². The van der Waals surface area contributed by atoms with E-state index in [4.69, 9.17) is 15.8 Å². The molecule has 0 aromatic rings. The van der Waals surface area contributed by atoms with Crippen LogP contribution in [0, 0.1) is 0 Å². The first-order valence-corrected chi connectivity index (χ1v) is 12.1. The van der Waals surface area contributed by atoms with Gasteiger partial charge in [0.2, 0.25) is 0 Å². The first kappa shape index (κ1) is 20.7. The van der Waals surface area contributed by atoms with E-state index >= 15 is 0 Å². The van der Waals surface area contributed by atoms with Gasteiger partial charge in [-0.3, -0.25) is 0 Å². The van der Waals surface area contributed by atoms with Gasteiger partial charge in [0.05, 0.1) is 6.61 Å². The maximum atomic E-state index is 11.2. The van der Waals surface area contributed by atoms with E-state index in [9.17, 15) is 4.79 Å². The summed E-state index contributed by atoms with van der Waals surface area (Å²) >= 11 is 6.64. The van der Waals surface area contributed by atoms with Crippen molar-refractivity contribution in [3.8, 4) is 0 Å². The van der Waals surface area contributed by atoms with E-state index in [0.29, 0.717) is 12.2 Å². The van der Waals surface area contributed by atoms with Gasteiger partial charge in [-0.05, 0) is 31.5 Å². The van der Waals surface area contributed by atoms with Gasteiger partial charge in [-0.1, -0.05) is 59.0 Å². The minimum Gasteiger partial charge on any atom is -0.462 e. The van der Waals surface area contributed by atoms with Gasteiger partial charge in [0, 0.05) is 5.57 Å². The lowest BCUT2D eigenvalue weighted by Crippen LogP contribution is -2.23. The first-order chi connectivity index (χ1) is 9.95. The summed E-state index contributed by atoms with van der Waals surface area (Å²) in [5.41, 5.74) is 0.480. The lowest BCUT2D eigenvalue weighted by Gasteiger charge is -2.20. The molecule has 0 aliphatic carbocycles. The standard InChI is InChI=1S/C17H33ClO2Si/c1-5-21(18,6-2)15-13-11-9-7-8-10-12-14-20-17(19)16(3)4/h3,5-15H2,1-2,4H3. The minimum atomic E-state index is -1.39. The van der Waals surface area contributed by atoms with Crippen LogP contribution in [0.3, 0.4) is 0 Å². The zero-order valence-electron chi connectivity index (χ0n) is 14.2. The Bertz CT molecular complexity index is 301. The van der Waals surface area contributed by atoms with E-state index in [1.807, 2.05) is 0 Å². The average molecular weight is 333 g/mol. The molecular weight excluding hydrogens is 300 g/mol. The SMILES string of the molecule is C=C(C)C(=O)OCCCCCCCCC[Si](Cl)(CC)CC. The van der Waals surface area contributed by atoms with Crippen molar-refractivity contribution in [1.82, 2.24) is 0 Å². The Balaban J connectivity index is 3.34. The van der Waals surface area contributed by atoms with Gasteiger partial charge in [-0.25, -0.2) is 4.79 Å². The van der Waals surface area contributed by atoms with Crippen LogP contribution in [0.15, 0.2) is 12.2 Å². The van der Waals surface area contributed by atoms with Crippen LogP contribution >= 0.6 is 11.1 Å². The molecule has 0 heterocycles. The Morgan fingerprint density at radius 2 is 1.48 bits per heavy atom. The maximum absolute atomic E-state index is 11.2. The van der Waals surface area contributed by atoms with Gasteiger partial charge < -0.3 is 4.74 Å². The fourth-order valence-corrected chi connectivity index (χ4v) is 4.81. The highest BCUT2D eigenvalue weighted by Gasteiger charge is 2.24. The van der Waals surface area contributed by atoms with E-state index in [2.05, 4.69) is 20.4 Å². The van der Waals surface area contributed by atoms with E-state index in [-0.39, 0.29) is 5.97 Å². The van der Waals surface area contributed by atoms with Gasteiger partial charge in [0.15, 0.2) is 7.38 Å². The van der Waals surface area contributed by atoms with E-state index in [0.717, 1.165) is 12.8 Å². The number of halogens is 1. The van der Waals surface area contributed by atoms with Crippen molar-refractivity contribution in [2.45, 2.75) is 83.8 Å². The molecule has 0 aliphatic rings. The molecule has 0 fully saturated rings. The summed E-state index contributed by atoms with van der Waals surface area (Å²) in [5.74, 6) is -0.268. The van der Waals surface area contributed by atoms with E-state index in [1.165, 1.54) is 50.2 Å². The molecule has 0 aromatic carbocycles. The number of hydrogen-bond acceptors (Lipinski definition) is 2. The van der Waals surface area contributed by atoms with Crippen molar-refractivity contribution in [3.63, 3.8) is 0 Å². The fraction of sp³-hybridized carbons (Fsp3) is 0.824. The number of rotatable bonds is 13. The van der Waals surface area contributed by atoms with Gasteiger partial charge >= 0.3 is 5.97 Å².